The summed E-state index contributed by atoms with van der Waals surface area (Å²) in [6, 6.07) is 14.7. The molecule has 0 atom stereocenters. The average Bonchev–Trinajstić information content (AvgIpc) is 2.50. The highest BCUT2D eigenvalue weighted by Crippen LogP contribution is 2.25. The van der Waals surface area contributed by atoms with Crippen LogP contribution in [0.25, 0.3) is 0 Å². The minimum Gasteiger partial charge on any atom is -0.507 e. The molecule has 0 radical (unpaired) electrons. The smallest absolute Gasteiger partial charge is 0.254 e. The number of nitrogens with zero attached hydrogens (tertiary/aromatic N) is 1. The number of hydrogen-bond donors (Lipinski definition) is 1. The summed E-state index contributed by atoms with van der Waals surface area (Å²) < 4.78 is 0.578. The van der Waals surface area contributed by atoms with E-state index in [1.807, 2.05) is 30.3 Å². The van der Waals surface area contributed by atoms with E-state index < -0.39 is 0 Å². The predicted molar refractivity (Wildman–Crippen MR) is 90.8 cm³/mol. The largest absolute Gasteiger partial charge is 0.507 e. The van der Waals surface area contributed by atoms with Crippen molar-refractivity contribution in [2.24, 2.45) is 0 Å². The third kappa shape index (κ3) is 4.32. The van der Waals surface area contributed by atoms with Gasteiger partial charge in [0.25, 0.3) is 5.91 Å². The number of amides is 1. The van der Waals surface area contributed by atoms with Gasteiger partial charge in [-0.2, -0.15) is 0 Å². The van der Waals surface area contributed by atoms with Gasteiger partial charge in [-0.05, 0) is 39.7 Å². The van der Waals surface area contributed by atoms with Crippen molar-refractivity contribution in [1.29, 1.82) is 0 Å². The summed E-state index contributed by atoms with van der Waals surface area (Å²) in [4.78, 5) is 14.3. The fourth-order valence-electron chi connectivity index (χ4n) is 1.99. The van der Waals surface area contributed by atoms with Crippen molar-refractivity contribution in [2.45, 2.75) is 6.54 Å². The van der Waals surface area contributed by atoms with Gasteiger partial charge >= 0.3 is 0 Å². The maximum Gasteiger partial charge on any atom is 0.254 e. The fourth-order valence-corrected chi connectivity index (χ4v) is 2.66. The summed E-state index contributed by atoms with van der Waals surface area (Å²) in [5.74, 6) is -0.0274. The van der Waals surface area contributed by atoms with Crippen LogP contribution in [-0.4, -0.2) is 27.8 Å². The Morgan fingerprint density at radius 1 is 1.14 bits per heavy atom. The number of phenolic OH excluding ortho intramolecular Hbond substituents is 1. The zero-order valence-electron chi connectivity index (χ0n) is 11.3. The first-order valence-electron chi connectivity index (χ1n) is 6.49. The summed E-state index contributed by atoms with van der Waals surface area (Å²) in [5.41, 5.74) is 1.56. The third-order valence-electron chi connectivity index (χ3n) is 3.05. The average molecular weight is 413 g/mol. The molecule has 0 bridgehead atoms. The minimum absolute atomic E-state index is 0.0688. The molecule has 2 aromatic carbocycles. The second-order valence-corrected chi connectivity index (χ2v) is 6.21. The molecule has 2 rings (SSSR count). The van der Waals surface area contributed by atoms with E-state index in [4.69, 9.17) is 0 Å². The first kappa shape index (κ1) is 16.0. The van der Waals surface area contributed by atoms with E-state index in [1.54, 1.807) is 17.0 Å². The number of carbonyl (C=O) groups excluding carboxylic acids is 1. The van der Waals surface area contributed by atoms with Crippen molar-refractivity contribution in [3.63, 3.8) is 0 Å². The Morgan fingerprint density at radius 3 is 2.48 bits per heavy atom. The number of phenols is 1. The van der Waals surface area contributed by atoms with E-state index in [0.29, 0.717) is 28.5 Å². The summed E-state index contributed by atoms with van der Waals surface area (Å²) in [5, 5.41) is 10.4. The summed E-state index contributed by atoms with van der Waals surface area (Å²) >= 11 is 6.60. The highest BCUT2D eigenvalue weighted by atomic mass is 79.9. The molecule has 3 nitrogen and oxygen atoms in total. The van der Waals surface area contributed by atoms with Gasteiger partial charge in [-0.3, -0.25) is 4.79 Å². The van der Waals surface area contributed by atoms with Crippen molar-refractivity contribution in [2.75, 3.05) is 11.9 Å². The van der Waals surface area contributed by atoms with Gasteiger partial charge in [0.2, 0.25) is 0 Å². The van der Waals surface area contributed by atoms with Crippen molar-refractivity contribution in [3.05, 3.63) is 64.1 Å². The van der Waals surface area contributed by atoms with E-state index in [9.17, 15) is 9.90 Å². The predicted octanol–water partition coefficient (Wildman–Crippen LogP) is 4.19. The van der Waals surface area contributed by atoms with Crippen LogP contribution in [0, 0.1) is 0 Å². The van der Waals surface area contributed by atoms with Gasteiger partial charge in [-0.25, -0.2) is 0 Å². The van der Waals surface area contributed by atoms with Crippen LogP contribution in [0.2, 0.25) is 0 Å². The Labute approximate surface area is 140 Å². The van der Waals surface area contributed by atoms with Crippen LogP contribution in [-0.2, 0) is 6.54 Å². The van der Waals surface area contributed by atoms with Crippen molar-refractivity contribution < 1.29 is 9.90 Å². The van der Waals surface area contributed by atoms with Gasteiger partial charge in [-0.15, -0.1) is 0 Å². The molecule has 21 heavy (non-hydrogen) atoms. The van der Waals surface area contributed by atoms with Crippen LogP contribution >= 0.6 is 31.9 Å². The fraction of sp³-hybridized carbons (Fsp3) is 0.188. The van der Waals surface area contributed by atoms with E-state index in [2.05, 4.69) is 31.9 Å². The quantitative estimate of drug-likeness (QED) is 0.748. The van der Waals surface area contributed by atoms with Gasteiger partial charge < -0.3 is 10.0 Å². The highest BCUT2D eigenvalue weighted by Gasteiger charge is 2.16. The molecule has 0 saturated carbocycles. The number of aromatic hydroxyl groups is 1. The second-order valence-electron chi connectivity index (χ2n) is 4.57. The number of alkyl halides is 1. The molecule has 0 fully saturated rings. The molecule has 1 N–H and O–H groups in total. The molecule has 5 heteroatoms. The van der Waals surface area contributed by atoms with Gasteiger partial charge in [0.05, 0.1) is 4.47 Å². The molecule has 0 spiro atoms. The van der Waals surface area contributed by atoms with Gasteiger partial charge in [0.15, 0.2) is 0 Å². The number of halogens is 2. The second kappa shape index (κ2) is 7.61. The summed E-state index contributed by atoms with van der Waals surface area (Å²) in [6.07, 6.45) is 0. The molecular formula is C16H15Br2NO2. The molecule has 0 aliphatic carbocycles. The van der Waals surface area contributed by atoms with Gasteiger partial charge in [0, 0.05) is 24.0 Å². The van der Waals surface area contributed by atoms with Crippen molar-refractivity contribution in [1.82, 2.24) is 4.90 Å². The van der Waals surface area contributed by atoms with E-state index in [0.717, 1.165) is 5.56 Å². The number of carbonyl (C=O) groups is 1. The Kier molecular flexibility index (Phi) is 5.82. The SMILES string of the molecule is O=C(c1ccc(Br)c(O)c1)N(CCBr)Cc1ccccc1. The van der Waals surface area contributed by atoms with Gasteiger partial charge in [0.1, 0.15) is 5.75 Å². The van der Waals surface area contributed by atoms with Crippen molar-refractivity contribution in [3.8, 4) is 5.75 Å². The molecule has 2 aromatic rings. The molecule has 0 unspecified atom stereocenters. The Bertz CT molecular complexity index is 617. The maximum atomic E-state index is 12.6. The Hall–Kier alpha value is -1.33. The van der Waals surface area contributed by atoms with Crippen LogP contribution in [0.4, 0.5) is 0 Å². The highest BCUT2D eigenvalue weighted by molar-refractivity contribution is 9.10. The number of rotatable bonds is 5. The molecule has 0 aliphatic heterocycles. The molecule has 1 amide bonds. The van der Waals surface area contributed by atoms with Crippen LogP contribution in [0.5, 0.6) is 5.75 Å². The zero-order chi connectivity index (χ0) is 15.2. The first-order chi connectivity index (χ1) is 10.1. The van der Waals surface area contributed by atoms with Crippen LogP contribution in [0.1, 0.15) is 15.9 Å². The lowest BCUT2D eigenvalue weighted by Crippen LogP contribution is -2.32. The molecular weight excluding hydrogens is 398 g/mol. The lowest BCUT2D eigenvalue weighted by Gasteiger charge is -2.22. The minimum atomic E-state index is -0.0962. The van der Waals surface area contributed by atoms with Crippen LogP contribution in [0.3, 0.4) is 0 Å². The number of benzene rings is 2. The van der Waals surface area contributed by atoms with E-state index in [1.165, 1.54) is 6.07 Å². The lowest BCUT2D eigenvalue weighted by atomic mass is 10.1. The third-order valence-corrected chi connectivity index (χ3v) is 4.08. The van der Waals surface area contributed by atoms with Crippen LogP contribution in [0.15, 0.2) is 53.0 Å². The van der Waals surface area contributed by atoms with Gasteiger partial charge in [-0.1, -0.05) is 46.3 Å². The lowest BCUT2D eigenvalue weighted by molar-refractivity contribution is 0.0754. The summed E-state index contributed by atoms with van der Waals surface area (Å²) in [7, 11) is 0. The van der Waals surface area contributed by atoms with Crippen LogP contribution < -0.4 is 0 Å². The standard InChI is InChI=1S/C16H15Br2NO2/c17-8-9-19(11-12-4-2-1-3-5-12)16(21)13-6-7-14(18)15(20)10-13/h1-7,10,20H,8-9,11H2. The first-order valence-corrected chi connectivity index (χ1v) is 8.41. The molecule has 110 valence electrons. The van der Waals surface area contributed by atoms with E-state index >= 15 is 0 Å². The molecule has 0 saturated heterocycles. The maximum absolute atomic E-state index is 12.6. The topological polar surface area (TPSA) is 40.5 Å². The Balaban J connectivity index is 2.20. The molecule has 0 aliphatic rings. The summed E-state index contributed by atoms with van der Waals surface area (Å²) in [6.45, 7) is 1.15. The zero-order valence-corrected chi connectivity index (χ0v) is 14.5. The molecule has 0 heterocycles. The van der Waals surface area contributed by atoms with Crippen molar-refractivity contribution >= 4 is 37.8 Å². The van der Waals surface area contributed by atoms with E-state index in [-0.39, 0.29) is 11.7 Å². The Morgan fingerprint density at radius 2 is 1.86 bits per heavy atom. The number of hydrogen-bond acceptors (Lipinski definition) is 2. The monoisotopic (exact) mass is 411 g/mol. The molecule has 0 aromatic heterocycles. The normalized spacial score (nSPS) is 10.4.